The third-order valence-corrected chi connectivity index (χ3v) is 3.83. The molecule has 1 nitrogen and oxygen atoms in total. The van der Waals surface area contributed by atoms with Crippen LogP contribution >= 0.6 is 0 Å². The van der Waals surface area contributed by atoms with Gasteiger partial charge in [0.25, 0.3) is 0 Å². The van der Waals surface area contributed by atoms with E-state index < -0.39 is 11.7 Å². The molecule has 4 heteroatoms. The number of benzene rings is 1. The first kappa shape index (κ1) is 18.0. The number of likely N-dealkylation sites (N-methyl/N-ethyl adjacent to an activating group) is 1. The molecule has 0 radical (unpaired) electrons. The van der Waals surface area contributed by atoms with E-state index in [1.807, 2.05) is 7.05 Å². The van der Waals surface area contributed by atoms with Gasteiger partial charge in [-0.1, -0.05) is 51.2 Å². The summed E-state index contributed by atoms with van der Waals surface area (Å²) in [5.74, 6) is 0. The van der Waals surface area contributed by atoms with E-state index in [9.17, 15) is 13.2 Å². The summed E-state index contributed by atoms with van der Waals surface area (Å²) in [6.45, 7) is 2.20. The van der Waals surface area contributed by atoms with E-state index in [4.69, 9.17) is 0 Å². The van der Waals surface area contributed by atoms with Crippen molar-refractivity contribution in [1.82, 2.24) is 5.32 Å². The molecule has 1 unspecified atom stereocenters. The van der Waals surface area contributed by atoms with Gasteiger partial charge in [-0.05, 0) is 37.6 Å². The molecule has 0 bridgehead atoms. The second kappa shape index (κ2) is 9.08. The molecule has 0 aromatic heterocycles. The Labute approximate surface area is 125 Å². The highest BCUT2D eigenvalue weighted by Gasteiger charge is 2.29. The molecule has 0 heterocycles. The molecule has 1 aromatic carbocycles. The fourth-order valence-electron chi connectivity index (χ4n) is 2.46. The largest absolute Gasteiger partial charge is 0.416 e. The van der Waals surface area contributed by atoms with E-state index in [-0.39, 0.29) is 0 Å². The van der Waals surface area contributed by atoms with Crippen molar-refractivity contribution in [3.63, 3.8) is 0 Å². The molecule has 0 saturated heterocycles. The number of hydrogen-bond acceptors (Lipinski definition) is 1. The first-order valence-electron chi connectivity index (χ1n) is 7.80. The number of hydrogen-bond donors (Lipinski definition) is 1. The van der Waals surface area contributed by atoms with Gasteiger partial charge in [-0.15, -0.1) is 0 Å². The lowest BCUT2D eigenvalue weighted by Crippen LogP contribution is -2.27. The second-order valence-electron chi connectivity index (χ2n) is 5.59. The van der Waals surface area contributed by atoms with Gasteiger partial charge >= 0.3 is 6.18 Å². The van der Waals surface area contributed by atoms with Gasteiger partial charge in [0.1, 0.15) is 0 Å². The molecule has 0 aliphatic rings. The molecule has 0 aliphatic carbocycles. The molecular weight excluding hydrogens is 275 g/mol. The normalized spacial score (nSPS) is 13.4. The van der Waals surface area contributed by atoms with Crippen LogP contribution in [0.25, 0.3) is 0 Å². The molecule has 0 amide bonds. The maximum atomic E-state index is 12.5. The zero-order valence-corrected chi connectivity index (χ0v) is 13.0. The Morgan fingerprint density at radius 3 is 2.14 bits per heavy atom. The molecule has 1 N–H and O–H groups in total. The molecule has 0 aliphatic heterocycles. The van der Waals surface area contributed by atoms with E-state index in [1.165, 1.54) is 44.2 Å². The fraction of sp³-hybridized carbons (Fsp3) is 0.647. The Kier molecular flexibility index (Phi) is 7.79. The number of nitrogens with one attached hydrogen (secondary N) is 1. The molecule has 1 rings (SSSR count). The predicted molar refractivity (Wildman–Crippen MR) is 81.4 cm³/mol. The Hall–Kier alpha value is -1.03. The minimum Gasteiger partial charge on any atom is -0.317 e. The third kappa shape index (κ3) is 6.98. The van der Waals surface area contributed by atoms with Gasteiger partial charge in [-0.25, -0.2) is 0 Å². The van der Waals surface area contributed by atoms with Crippen molar-refractivity contribution in [3.05, 3.63) is 35.4 Å². The lowest BCUT2D eigenvalue weighted by Gasteiger charge is -2.16. The van der Waals surface area contributed by atoms with Gasteiger partial charge < -0.3 is 5.32 Å². The Bertz CT molecular complexity index is 384. The monoisotopic (exact) mass is 301 g/mol. The van der Waals surface area contributed by atoms with Crippen LogP contribution in [0.5, 0.6) is 0 Å². The summed E-state index contributed by atoms with van der Waals surface area (Å²) < 4.78 is 37.5. The van der Waals surface area contributed by atoms with Crippen LogP contribution in [0.15, 0.2) is 24.3 Å². The summed E-state index contributed by atoms with van der Waals surface area (Å²) >= 11 is 0. The molecular formula is C17H26F3N. The molecule has 0 spiro atoms. The molecule has 0 saturated carbocycles. The zero-order chi connectivity index (χ0) is 15.7. The Morgan fingerprint density at radius 1 is 1.00 bits per heavy atom. The molecule has 120 valence electrons. The van der Waals surface area contributed by atoms with E-state index in [0.29, 0.717) is 6.04 Å². The first-order chi connectivity index (χ1) is 9.97. The summed E-state index contributed by atoms with van der Waals surface area (Å²) in [5, 5.41) is 3.26. The van der Waals surface area contributed by atoms with E-state index in [2.05, 4.69) is 12.2 Å². The number of halogens is 3. The van der Waals surface area contributed by atoms with Crippen LogP contribution in [0.4, 0.5) is 13.2 Å². The van der Waals surface area contributed by atoms with Crippen molar-refractivity contribution >= 4 is 0 Å². The highest BCUT2D eigenvalue weighted by Crippen LogP contribution is 2.29. The van der Waals surface area contributed by atoms with Crippen LogP contribution in [0.2, 0.25) is 0 Å². The highest BCUT2D eigenvalue weighted by atomic mass is 19.4. The van der Waals surface area contributed by atoms with Gasteiger partial charge in [0.15, 0.2) is 0 Å². The summed E-state index contributed by atoms with van der Waals surface area (Å²) in [4.78, 5) is 0. The summed E-state index contributed by atoms with van der Waals surface area (Å²) in [6, 6.07) is 5.85. The minimum atomic E-state index is -4.25. The van der Waals surface area contributed by atoms with Crippen LogP contribution in [-0.4, -0.2) is 13.1 Å². The lowest BCUT2D eigenvalue weighted by molar-refractivity contribution is -0.137. The smallest absolute Gasteiger partial charge is 0.317 e. The van der Waals surface area contributed by atoms with Crippen molar-refractivity contribution < 1.29 is 13.2 Å². The number of alkyl halides is 3. The summed E-state index contributed by atoms with van der Waals surface area (Å²) in [7, 11) is 1.92. The average molecular weight is 301 g/mol. The van der Waals surface area contributed by atoms with Crippen molar-refractivity contribution in [3.8, 4) is 0 Å². The lowest BCUT2D eigenvalue weighted by atomic mass is 9.99. The standard InChI is InChI=1S/C17H26F3N/c1-3-4-5-6-7-8-16(21-2)13-14-9-11-15(12-10-14)17(18,19)20/h9-12,16,21H,3-8,13H2,1-2H3. The number of rotatable bonds is 9. The number of unbranched alkanes of at least 4 members (excludes halogenated alkanes) is 4. The average Bonchev–Trinajstić information content (AvgIpc) is 2.45. The van der Waals surface area contributed by atoms with Crippen LogP contribution in [0, 0.1) is 0 Å². The molecule has 0 fully saturated rings. The second-order valence-corrected chi connectivity index (χ2v) is 5.59. The van der Waals surface area contributed by atoms with Gasteiger partial charge in [0, 0.05) is 6.04 Å². The van der Waals surface area contributed by atoms with Crippen LogP contribution < -0.4 is 5.32 Å². The summed E-state index contributed by atoms with van der Waals surface area (Å²) in [6.07, 6.45) is 3.80. The topological polar surface area (TPSA) is 12.0 Å². The van der Waals surface area contributed by atoms with E-state index >= 15 is 0 Å². The zero-order valence-electron chi connectivity index (χ0n) is 13.0. The van der Waals surface area contributed by atoms with Gasteiger partial charge in [-0.2, -0.15) is 13.2 Å². The van der Waals surface area contributed by atoms with Gasteiger partial charge in [-0.3, -0.25) is 0 Å². The molecule has 21 heavy (non-hydrogen) atoms. The van der Waals surface area contributed by atoms with Crippen LogP contribution in [0.1, 0.15) is 56.6 Å². The highest BCUT2D eigenvalue weighted by molar-refractivity contribution is 5.25. The molecule has 1 atom stereocenters. The van der Waals surface area contributed by atoms with Gasteiger partial charge in [0.05, 0.1) is 5.56 Å². The Balaban J connectivity index is 2.42. The van der Waals surface area contributed by atoms with Crippen molar-refractivity contribution in [2.45, 2.75) is 64.1 Å². The van der Waals surface area contributed by atoms with Crippen LogP contribution in [-0.2, 0) is 12.6 Å². The first-order valence-corrected chi connectivity index (χ1v) is 7.80. The molecule has 1 aromatic rings. The maximum Gasteiger partial charge on any atom is 0.416 e. The minimum absolute atomic E-state index is 0.336. The quantitative estimate of drug-likeness (QED) is 0.618. The van der Waals surface area contributed by atoms with Crippen molar-refractivity contribution in [1.29, 1.82) is 0 Å². The van der Waals surface area contributed by atoms with Crippen molar-refractivity contribution in [2.24, 2.45) is 0 Å². The van der Waals surface area contributed by atoms with Gasteiger partial charge in [0.2, 0.25) is 0 Å². The van der Waals surface area contributed by atoms with Crippen LogP contribution in [0.3, 0.4) is 0 Å². The fourth-order valence-corrected chi connectivity index (χ4v) is 2.46. The SMILES string of the molecule is CCCCCCCC(Cc1ccc(C(F)(F)F)cc1)NC. The summed E-state index contributed by atoms with van der Waals surface area (Å²) in [5.41, 5.74) is 0.378. The van der Waals surface area contributed by atoms with E-state index in [1.54, 1.807) is 12.1 Å². The van der Waals surface area contributed by atoms with Crippen molar-refractivity contribution in [2.75, 3.05) is 7.05 Å². The maximum absolute atomic E-state index is 12.5. The predicted octanol–water partition coefficient (Wildman–Crippen LogP) is 5.20. The van der Waals surface area contributed by atoms with E-state index in [0.717, 1.165) is 18.4 Å². The third-order valence-electron chi connectivity index (χ3n) is 3.83. The Morgan fingerprint density at radius 2 is 1.62 bits per heavy atom.